The molecule has 4 N–H and O–H groups in total. The number of imide groups is 1. The van der Waals surface area contributed by atoms with Gasteiger partial charge in [0.15, 0.2) is 5.54 Å². The number of esters is 1. The second kappa shape index (κ2) is 33.8. The number of carbonyl (C=O) groups excluding carboxylic acids is 5. The Kier molecular flexibility index (Phi) is 26.8. The fourth-order valence-corrected chi connectivity index (χ4v) is 14.5. The molecule has 3 saturated carbocycles. The van der Waals surface area contributed by atoms with Gasteiger partial charge in [-0.15, -0.1) is 0 Å². The van der Waals surface area contributed by atoms with Crippen molar-refractivity contribution in [1.82, 2.24) is 15.5 Å². The van der Waals surface area contributed by atoms with Gasteiger partial charge in [-0.2, -0.15) is 83.9 Å². The van der Waals surface area contributed by atoms with Crippen molar-refractivity contribution in [2.75, 3.05) is 19.8 Å². The molecule has 1 aliphatic heterocycles. The van der Waals surface area contributed by atoms with Gasteiger partial charge in [0.25, 0.3) is 0 Å². The Morgan fingerprint density at radius 1 is 0.387 bits per heavy atom. The molecule has 4 aliphatic rings. The maximum absolute atomic E-state index is 13.4. The summed E-state index contributed by atoms with van der Waals surface area (Å²) < 4.78 is 278. The van der Waals surface area contributed by atoms with Gasteiger partial charge in [0, 0.05) is 16.2 Å². The summed E-state index contributed by atoms with van der Waals surface area (Å²) in [5, 5.41) is 24.7. The van der Waals surface area contributed by atoms with Gasteiger partial charge in [-0.3, -0.25) is 0 Å². The summed E-state index contributed by atoms with van der Waals surface area (Å²) >= 11 is 0. The molecule has 4 fully saturated rings. The molecular weight excluding hydrogens is 1620 g/mol. The summed E-state index contributed by atoms with van der Waals surface area (Å²) in [4.78, 5) is 88.1. The third-order valence-corrected chi connectivity index (χ3v) is 20.1. The van der Waals surface area contributed by atoms with Gasteiger partial charge in [-0.25, -0.2) is 33.6 Å². The van der Waals surface area contributed by atoms with E-state index < -0.39 is 181 Å². The molecule has 6 aromatic rings. The van der Waals surface area contributed by atoms with Crippen LogP contribution >= 0.6 is 0 Å². The van der Waals surface area contributed by atoms with Crippen LogP contribution < -0.4 is 10.6 Å². The molecule has 3 atom stereocenters. The molecule has 0 aromatic heterocycles. The van der Waals surface area contributed by atoms with Crippen LogP contribution in [0.2, 0.25) is 0 Å². The highest BCUT2D eigenvalue weighted by atomic mass is 19.4. The van der Waals surface area contributed by atoms with E-state index >= 15 is 0 Å². The van der Waals surface area contributed by atoms with Crippen LogP contribution in [-0.2, 0) is 101 Å². The zero-order valence-electron chi connectivity index (χ0n) is 65.8. The van der Waals surface area contributed by atoms with Crippen LogP contribution in [-0.4, -0.2) is 111 Å². The van der Waals surface area contributed by atoms with Crippen LogP contribution in [0.5, 0.6) is 0 Å². The zero-order valence-corrected chi connectivity index (χ0v) is 65.8. The largest absolute Gasteiger partial charge is 0.480 e. The van der Waals surface area contributed by atoms with E-state index in [2.05, 4.69) is 10.6 Å². The lowest BCUT2D eigenvalue weighted by atomic mass is 9.54. The van der Waals surface area contributed by atoms with Crippen molar-refractivity contribution >= 4 is 42.3 Å². The number of hydrogen-bond donors (Lipinski definition) is 4. The predicted octanol–water partition coefficient (Wildman–Crippen LogP) is 20.9. The highest BCUT2D eigenvalue weighted by molar-refractivity contribution is 6.07. The zero-order chi connectivity index (χ0) is 89.5. The van der Waals surface area contributed by atoms with Crippen LogP contribution in [0.3, 0.4) is 0 Å². The van der Waals surface area contributed by atoms with Crippen molar-refractivity contribution in [3.63, 3.8) is 0 Å². The molecule has 6 aromatic carbocycles. The number of hydrogen-bond acceptors (Lipinski definition) is 14. The molecule has 37 heteroatoms. The lowest BCUT2D eigenvalue weighted by molar-refractivity contribution is -0.156. The average molecular weight is 1710 g/mol. The summed E-state index contributed by atoms with van der Waals surface area (Å²) in [6.07, 6.45) is -38.8. The number of carboxylic acid groups (broad SMARTS) is 2. The Morgan fingerprint density at radius 2 is 0.622 bits per heavy atom. The molecule has 3 aliphatic carbocycles. The topological polar surface area (TPSA) is 252 Å². The maximum atomic E-state index is 13.4. The molecule has 10 rings (SSSR count). The minimum Gasteiger partial charge on any atom is -0.480 e. The molecule has 0 bridgehead atoms. The first-order chi connectivity index (χ1) is 54.3. The first kappa shape index (κ1) is 94.3. The van der Waals surface area contributed by atoms with E-state index in [-0.39, 0.29) is 93.2 Å². The summed E-state index contributed by atoms with van der Waals surface area (Å²) in [5.74, 6) is -3.61. The van der Waals surface area contributed by atoms with Gasteiger partial charge in [0.05, 0.1) is 71.5 Å². The third kappa shape index (κ3) is 22.7. The molecule has 1 spiro atoms. The number of carboxylic acids is 2. The number of amides is 4. The number of nitrogens with one attached hydrogen (secondary N) is 2. The quantitative estimate of drug-likeness (QED) is 0.0255. The first-order valence-corrected chi connectivity index (χ1v) is 36.5. The maximum Gasteiger partial charge on any atom is 0.428 e. The molecule has 0 radical (unpaired) electrons. The van der Waals surface area contributed by atoms with E-state index in [0.29, 0.717) is 58.0 Å². The Bertz CT molecular complexity index is 4380. The van der Waals surface area contributed by atoms with Crippen molar-refractivity contribution < 1.29 is 156 Å². The number of benzene rings is 6. The van der Waals surface area contributed by atoms with E-state index in [1.54, 1.807) is 153 Å². The van der Waals surface area contributed by atoms with Crippen LogP contribution in [0.15, 0.2) is 146 Å². The normalized spacial score (nSPS) is 23.0. The molecule has 1 heterocycles. The summed E-state index contributed by atoms with van der Waals surface area (Å²) in [5.41, 5.74) is -18.9. The van der Waals surface area contributed by atoms with E-state index in [4.69, 9.17) is 33.2 Å². The number of alkyl halides is 18. The number of ether oxygens (including phenoxy) is 7. The lowest BCUT2D eigenvalue weighted by Crippen LogP contribution is -2.69. The number of alkyl carbamates (subject to hydrolysis) is 2. The number of rotatable bonds is 19. The molecule has 1 saturated heterocycles. The van der Waals surface area contributed by atoms with Crippen molar-refractivity contribution in [2.45, 2.75) is 227 Å². The van der Waals surface area contributed by atoms with Crippen LogP contribution in [0.1, 0.15) is 207 Å². The Hall–Kier alpha value is -10.2. The van der Waals surface area contributed by atoms with E-state index in [1.807, 2.05) is 0 Å². The minimum absolute atomic E-state index is 0.0331. The molecule has 119 heavy (non-hydrogen) atoms. The molecule has 19 nitrogen and oxygen atoms in total. The van der Waals surface area contributed by atoms with Gasteiger partial charge in [0.1, 0.15) is 27.9 Å². The predicted molar refractivity (Wildman–Crippen MR) is 386 cm³/mol. The highest BCUT2D eigenvalue weighted by Crippen LogP contribution is 2.58. The standard InChI is InChI=1S/C28H27F6NO6.2C27H29F6NO5/c1-16(17-10-19(27(29,30)31)12-20(11-17)28(32,33)34)39-15-25(18-8-6-5-7-9-18)13-26(14-25)21(36)40-22(37)35(26)23(38)41-24(2,3)4;2*1-16(17-10-19(26(28,29)30)12-20(11-17)27(31,32)33)38-15-24(18-8-6-5-7-9-18)13-25(14-24,21(35)36)34-22(37)39-23(2,3)4/h5-12,16H,13-15H2,1-4H3;2*5-12,16H,13-15H2,1-4H3,(H,34,37)(H,35,36)/t16-,25?,26?;2*16-,24?,25?/m111/s1. The van der Waals surface area contributed by atoms with E-state index in [0.717, 1.165) is 0 Å². The lowest BCUT2D eigenvalue weighted by Gasteiger charge is -2.54. The van der Waals surface area contributed by atoms with Crippen LogP contribution in [0.25, 0.3) is 0 Å². The number of halogens is 18. The number of nitrogens with zero attached hydrogens (tertiary/aromatic N) is 1. The fourth-order valence-electron chi connectivity index (χ4n) is 14.5. The van der Waals surface area contributed by atoms with Crippen molar-refractivity contribution in [2.24, 2.45) is 0 Å². The van der Waals surface area contributed by atoms with Gasteiger partial charge in [-0.05, 0) is 210 Å². The average Bonchev–Trinajstić information content (AvgIpc) is 1.65. The van der Waals surface area contributed by atoms with Gasteiger partial charge < -0.3 is 54.0 Å². The SMILES string of the molecule is C[C@@H](OCC1(c2ccccc2)CC(NC(=O)OC(C)(C)C)(C(=O)O)C1)c1cc(C(F)(F)F)cc(C(F)(F)F)c1.C[C@@H](OCC1(c2ccccc2)CC(NC(=O)OC(C)(C)C)(C(=O)O)C1)c1cc(C(F)(F)F)cc(C(F)(F)F)c1.C[C@@H](OCC1(c2ccccc2)CC2(C1)C(=O)OC(=O)N2C(=O)OC(C)(C)C)c1cc(C(F)(F)F)cc(C(F)(F)F)c1. The highest BCUT2D eigenvalue weighted by Gasteiger charge is 2.71. The molecule has 0 unspecified atom stereocenters. The fraction of sp³-hybridized carbons (Fsp3) is 0.476. The van der Waals surface area contributed by atoms with Gasteiger partial charge in [0.2, 0.25) is 0 Å². The molecule has 650 valence electrons. The summed E-state index contributed by atoms with van der Waals surface area (Å²) in [6.45, 7) is 17.6. The van der Waals surface area contributed by atoms with Crippen LogP contribution in [0, 0.1) is 0 Å². The van der Waals surface area contributed by atoms with Gasteiger partial charge in [-0.1, -0.05) is 91.0 Å². The first-order valence-electron chi connectivity index (χ1n) is 36.5. The Morgan fingerprint density at radius 3 is 0.840 bits per heavy atom. The monoisotopic (exact) mass is 1710 g/mol. The smallest absolute Gasteiger partial charge is 0.428 e. The Balaban J connectivity index is 0.000000222. The molecule has 4 amide bonds. The van der Waals surface area contributed by atoms with Crippen molar-refractivity contribution in [3.05, 3.63) is 212 Å². The minimum atomic E-state index is -5.03. The third-order valence-electron chi connectivity index (χ3n) is 20.1. The van der Waals surface area contributed by atoms with Gasteiger partial charge >= 0.3 is 79.3 Å². The van der Waals surface area contributed by atoms with Crippen molar-refractivity contribution in [3.8, 4) is 0 Å². The second-order valence-corrected chi connectivity index (χ2v) is 32.9. The number of aliphatic carboxylic acids is 2. The van der Waals surface area contributed by atoms with Crippen LogP contribution in [0.4, 0.5) is 98.2 Å². The van der Waals surface area contributed by atoms with E-state index in [1.165, 1.54) is 20.8 Å². The molecular formula is C82H85F18N3O16. The van der Waals surface area contributed by atoms with E-state index in [9.17, 15) is 123 Å². The number of cyclic esters (lactones) is 2. The Labute approximate surface area is 670 Å². The van der Waals surface area contributed by atoms with Crippen molar-refractivity contribution in [1.29, 1.82) is 0 Å². The summed E-state index contributed by atoms with van der Waals surface area (Å²) in [7, 11) is 0. The summed E-state index contributed by atoms with van der Waals surface area (Å²) in [6, 6.07) is 29.3. The second-order valence-electron chi connectivity index (χ2n) is 32.9. The number of carbonyl (C=O) groups is 7.